The van der Waals surface area contributed by atoms with E-state index in [0.29, 0.717) is 0 Å². The first-order valence-corrected chi connectivity index (χ1v) is 7.84. The lowest BCUT2D eigenvalue weighted by Crippen LogP contribution is -2.00. The van der Waals surface area contributed by atoms with Crippen LogP contribution >= 0.6 is 11.3 Å². The third-order valence-corrected chi connectivity index (χ3v) is 5.56. The predicted octanol–water partition coefficient (Wildman–Crippen LogP) is 5.15. The number of aromatic nitrogens is 1. The minimum atomic E-state index is 1.12. The van der Waals surface area contributed by atoms with Gasteiger partial charge in [-0.05, 0) is 35.9 Å². The summed E-state index contributed by atoms with van der Waals surface area (Å²) in [7, 11) is 0. The van der Waals surface area contributed by atoms with E-state index in [1.165, 1.54) is 37.1 Å². The molecule has 0 saturated carbocycles. The van der Waals surface area contributed by atoms with Crippen LogP contribution in [0.5, 0.6) is 0 Å². The molecule has 2 aromatic carbocycles. The number of hydrogen-bond acceptors (Lipinski definition) is 1. The summed E-state index contributed by atoms with van der Waals surface area (Å²) >= 11 is 1.94. The van der Waals surface area contributed by atoms with E-state index in [0.717, 1.165) is 12.8 Å². The molecule has 0 bridgehead atoms. The van der Waals surface area contributed by atoms with Crippen molar-refractivity contribution < 1.29 is 0 Å². The lowest BCUT2D eigenvalue weighted by atomic mass is 9.93. The Hall–Kier alpha value is -2.06. The van der Waals surface area contributed by atoms with Crippen LogP contribution in [-0.4, -0.2) is 4.98 Å². The van der Waals surface area contributed by atoms with Gasteiger partial charge in [-0.15, -0.1) is 11.3 Å². The Balaban J connectivity index is 1.95. The second-order valence-electron chi connectivity index (χ2n) is 5.43. The molecular formula is C18H13NS. The van der Waals surface area contributed by atoms with Crippen LogP contribution < -0.4 is 0 Å². The van der Waals surface area contributed by atoms with Crippen molar-refractivity contribution in [1.29, 1.82) is 0 Å². The average Bonchev–Trinajstić information content (AvgIpc) is 3.04. The number of H-pyrrole nitrogens is 1. The van der Waals surface area contributed by atoms with Gasteiger partial charge in [0.05, 0.1) is 0 Å². The number of fused-ring (bicyclic) bond motifs is 7. The second-order valence-corrected chi connectivity index (χ2v) is 6.48. The van der Waals surface area contributed by atoms with Crippen molar-refractivity contribution in [2.75, 3.05) is 0 Å². The number of aromatic amines is 1. The quantitative estimate of drug-likeness (QED) is 0.457. The van der Waals surface area contributed by atoms with Crippen LogP contribution in [0.1, 0.15) is 11.3 Å². The van der Waals surface area contributed by atoms with Crippen molar-refractivity contribution in [2.24, 2.45) is 0 Å². The maximum Gasteiger partial charge on any atom is 0.0462 e. The van der Waals surface area contributed by atoms with Gasteiger partial charge in [-0.1, -0.05) is 36.4 Å². The zero-order chi connectivity index (χ0) is 13.1. The summed E-state index contributed by atoms with van der Waals surface area (Å²) in [6.45, 7) is 0. The van der Waals surface area contributed by atoms with Crippen LogP contribution in [0, 0.1) is 0 Å². The molecule has 0 spiro atoms. The first kappa shape index (κ1) is 10.7. The topological polar surface area (TPSA) is 15.8 Å². The number of para-hydroxylation sites is 1. The summed E-state index contributed by atoms with van der Waals surface area (Å²) < 4.78 is 1.41. The third-order valence-electron chi connectivity index (χ3n) is 4.33. The normalized spacial score (nSPS) is 13.6. The molecule has 96 valence electrons. The zero-order valence-electron chi connectivity index (χ0n) is 10.9. The summed E-state index contributed by atoms with van der Waals surface area (Å²) in [6, 6.07) is 17.5. The Morgan fingerprint density at radius 3 is 2.60 bits per heavy atom. The Labute approximate surface area is 120 Å². The van der Waals surface area contributed by atoms with Crippen LogP contribution in [-0.2, 0) is 12.8 Å². The summed E-state index contributed by atoms with van der Waals surface area (Å²) in [5, 5.41) is 2.82. The van der Waals surface area contributed by atoms with Crippen molar-refractivity contribution in [3.63, 3.8) is 0 Å². The molecule has 1 aliphatic rings. The van der Waals surface area contributed by atoms with Crippen molar-refractivity contribution in [1.82, 2.24) is 4.98 Å². The van der Waals surface area contributed by atoms with E-state index >= 15 is 0 Å². The van der Waals surface area contributed by atoms with Gasteiger partial charge in [-0.3, -0.25) is 0 Å². The summed E-state index contributed by atoms with van der Waals surface area (Å²) in [6.07, 6.45) is 2.27. The Kier molecular flexibility index (Phi) is 2.00. The first-order chi connectivity index (χ1) is 9.92. The van der Waals surface area contributed by atoms with Crippen LogP contribution in [0.3, 0.4) is 0 Å². The number of hydrogen-bond donors (Lipinski definition) is 1. The van der Waals surface area contributed by atoms with Gasteiger partial charge in [0.2, 0.25) is 0 Å². The molecule has 0 atom stereocenters. The molecule has 1 nitrogen and oxygen atoms in total. The molecule has 0 aliphatic heterocycles. The summed E-state index contributed by atoms with van der Waals surface area (Å²) in [5.41, 5.74) is 5.67. The molecule has 0 saturated heterocycles. The molecular weight excluding hydrogens is 262 g/mol. The highest BCUT2D eigenvalue weighted by atomic mass is 32.1. The van der Waals surface area contributed by atoms with Crippen LogP contribution in [0.2, 0.25) is 0 Å². The van der Waals surface area contributed by atoms with E-state index in [1.54, 1.807) is 5.56 Å². The van der Waals surface area contributed by atoms with Gasteiger partial charge in [0, 0.05) is 31.7 Å². The molecule has 2 heterocycles. The molecule has 1 aliphatic carbocycles. The van der Waals surface area contributed by atoms with E-state index in [4.69, 9.17) is 0 Å². The van der Waals surface area contributed by atoms with Gasteiger partial charge in [0.1, 0.15) is 0 Å². The molecule has 20 heavy (non-hydrogen) atoms. The average molecular weight is 275 g/mol. The molecule has 0 unspecified atom stereocenters. The highest BCUT2D eigenvalue weighted by Gasteiger charge is 2.24. The van der Waals surface area contributed by atoms with Crippen LogP contribution in [0.4, 0.5) is 0 Å². The summed E-state index contributed by atoms with van der Waals surface area (Å²) in [5.74, 6) is 0. The third kappa shape index (κ3) is 1.27. The highest BCUT2D eigenvalue weighted by Crippen LogP contribution is 2.46. The highest BCUT2D eigenvalue weighted by molar-refractivity contribution is 7.22. The number of aryl methyl sites for hydroxylation is 2. The molecule has 2 heteroatoms. The van der Waals surface area contributed by atoms with E-state index in [-0.39, 0.29) is 0 Å². The molecule has 0 fully saturated rings. The van der Waals surface area contributed by atoms with Gasteiger partial charge in [-0.25, -0.2) is 0 Å². The largest absolute Gasteiger partial charge is 0.358 e. The molecule has 4 aromatic rings. The lowest BCUT2D eigenvalue weighted by Gasteiger charge is -2.12. The molecule has 2 aromatic heterocycles. The fraction of sp³-hybridized carbons (Fsp3) is 0.111. The second kappa shape index (κ2) is 3.74. The van der Waals surface area contributed by atoms with Crippen molar-refractivity contribution in [3.8, 4) is 10.4 Å². The SMILES string of the molecule is c1ccc2c3c([nH]c2c1)CCc1c-3sc2ccccc12. The molecule has 1 N–H and O–H groups in total. The number of thiophene rings is 1. The van der Waals surface area contributed by atoms with Crippen molar-refractivity contribution >= 4 is 32.3 Å². The van der Waals surface area contributed by atoms with Gasteiger partial charge in [-0.2, -0.15) is 0 Å². The van der Waals surface area contributed by atoms with Crippen LogP contribution in [0.15, 0.2) is 48.5 Å². The number of nitrogens with one attached hydrogen (secondary N) is 1. The maximum atomic E-state index is 3.61. The Bertz CT molecular complexity index is 958. The standard InChI is InChI=1S/C18H13NS/c1-3-7-14-13(6-1)17-15(19-14)10-9-12-11-5-2-4-8-16(11)20-18(12)17/h1-8,19H,9-10H2. The van der Waals surface area contributed by atoms with E-state index in [9.17, 15) is 0 Å². The first-order valence-electron chi connectivity index (χ1n) is 7.02. The van der Waals surface area contributed by atoms with E-state index in [1.807, 2.05) is 11.3 Å². The molecule has 0 amide bonds. The van der Waals surface area contributed by atoms with Crippen LogP contribution in [0.25, 0.3) is 31.4 Å². The molecule has 5 rings (SSSR count). The maximum absolute atomic E-state index is 3.61. The monoisotopic (exact) mass is 275 g/mol. The van der Waals surface area contributed by atoms with E-state index in [2.05, 4.69) is 53.5 Å². The van der Waals surface area contributed by atoms with Crippen molar-refractivity contribution in [2.45, 2.75) is 12.8 Å². The predicted molar refractivity (Wildman–Crippen MR) is 86.5 cm³/mol. The fourth-order valence-electron chi connectivity index (χ4n) is 3.44. The Morgan fingerprint density at radius 2 is 1.65 bits per heavy atom. The number of rotatable bonds is 0. The Morgan fingerprint density at radius 1 is 0.850 bits per heavy atom. The van der Waals surface area contributed by atoms with Gasteiger partial charge < -0.3 is 4.98 Å². The van der Waals surface area contributed by atoms with Crippen molar-refractivity contribution in [3.05, 3.63) is 59.8 Å². The van der Waals surface area contributed by atoms with E-state index < -0.39 is 0 Å². The van der Waals surface area contributed by atoms with Gasteiger partial charge in [0.15, 0.2) is 0 Å². The molecule has 0 radical (unpaired) electrons. The summed E-state index contributed by atoms with van der Waals surface area (Å²) in [4.78, 5) is 5.08. The number of benzene rings is 2. The smallest absolute Gasteiger partial charge is 0.0462 e. The minimum Gasteiger partial charge on any atom is -0.358 e. The fourth-order valence-corrected chi connectivity index (χ4v) is 4.78. The zero-order valence-corrected chi connectivity index (χ0v) is 11.8. The lowest BCUT2D eigenvalue weighted by molar-refractivity contribution is 0.927. The minimum absolute atomic E-state index is 1.12. The van der Waals surface area contributed by atoms with Gasteiger partial charge >= 0.3 is 0 Å². The van der Waals surface area contributed by atoms with Gasteiger partial charge in [0.25, 0.3) is 0 Å².